The van der Waals surface area contributed by atoms with Crippen molar-refractivity contribution in [3.8, 4) is 0 Å². The van der Waals surface area contributed by atoms with Crippen LogP contribution in [0.1, 0.15) is 36.6 Å². The molecule has 2 heterocycles. The van der Waals surface area contributed by atoms with Crippen LogP contribution in [0.2, 0.25) is 0 Å². The second kappa shape index (κ2) is 9.13. The van der Waals surface area contributed by atoms with Crippen molar-refractivity contribution < 1.29 is 9.18 Å². The van der Waals surface area contributed by atoms with E-state index < -0.39 is 0 Å². The van der Waals surface area contributed by atoms with Gasteiger partial charge in [-0.25, -0.2) is 14.4 Å². The lowest BCUT2D eigenvalue weighted by atomic mass is 10.0. The van der Waals surface area contributed by atoms with Gasteiger partial charge in [-0.3, -0.25) is 9.48 Å². The van der Waals surface area contributed by atoms with Crippen LogP contribution in [0.4, 0.5) is 15.9 Å². The maximum Gasteiger partial charge on any atom is 0.228 e. The van der Waals surface area contributed by atoms with Crippen molar-refractivity contribution in [1.82, 2.24) is 19.7 Å². The standard InChI is InChI=1S/C24H25FN6O/c1-4-31-14-21-24(30-31)29-22(13-26-21)27-16(3)20-12-19(10-5-15(20)2)28-23(32)11-17-6-8-18(25)9-7-17/h5-10,12-14,16H,4,11H2,1-3H3,(H,28,32)(H,27,29,30)/t16-/m0/s1. The summed E-state index contributed by atoms with van der Waals surface area (Å²) in [5, 5.41) is 10.7. The Morgan fingerprint density at radius 1 is 1.19 bits per heavy atom. The minimum Gasteiger partial charge on any atom is -0.362 e. The first-order valence-electron chi connectivity index (χ1n) is 10.5. The normalized spacial score (nSPS) is 12.0. The summed E-state index contributed by atoms with van der Waals surface area (Å²) in [6, 6.07) is 11.7. The van der Waals surface area contributed by atoms with Crippen molar-refractivity contribution >= 4 is 28.6 Å². The van der Waals surface area contributed by atoms with Gasteiger partial charge in [-0.1, -0.05) is 18.2 Å². The molecule has 4 aromatic rings. The first-order valence-corrected chi connectivity index (χ1v) is 10.5. The molecule has 1 atom stereocenters. The van der Waals surface area contributed by atoms with Crippen LogP contribution in [-0.2, 0) is 17.8 Å². The van der Waals surface area contributed by atoms with Crippen molar-refractivity contribution in [3.05, 3.63) is 77.4 Å². The Bertz CT molecular complexity index is 1250. The molecule has 164 valence electrons. The monoisotopic (exact) mass is 432 g/mol. The number of fused-ring (bicyclic) bond motifs is 1. The zero-order chi connectivity index (χ0) is 22.7. The van der Waals surface area contributed by atoms with Crippen molar-refractivity contribution in [2.24, 2.45) is 0 Å². The molecule has 7 nitrogen and oxygen atoms in total. The van der Waals surface area contributed by atoms with Crippen LogP contribution in [0.5, 0.6) is 0 Å². The summed E-state index contributed by atoms with van der Waals surface area (Å²) < 4.78 is 14.9. The van der Waals surface area contributed by atoms with Gasteiger partial charge in [0, 0.05) is 12.2 Å². The molecule has 0 aliphatic heterocycles. The van der Waals surface area contributed by atoms with Gasteiger partial charge in [-0.2, -0.15) is 5.10 Å². The number of anilines is 2. The number of nitrogens with one attached hydrogen (secondary N) is 2. The average molecular weight is 433 g/mol. The maximum absolute atomic E-state index is 13.1. The Morgan fingerprint density at radius 3 is 2.72 bits per heavy atom. The molecule has 0 bridgehead atoms. The van der Waals surface area contributed by atoms with Gasteiger partial charge in [-0.15, -0.1) is 0 Å². The molecule has 0 saturated carbocycles. The Labute approximate surface area is 185 Å². The lowest BCUT2D eigenvalue weighted by Gasteiger charge is -2.18. The molecular formula is C24H25FN6O. The van der Waals surface area contributed by atoms with Crippen LogP contribution < -0.4 is 10.6 Å². The molecule has 8 heteroatoms. The molecule has 2 aromatic carbocycles. The summed E-state index contributed by atoms with van der Waals surface area (Å²) in [4.78, 5) is 21.4. The molecule has 0 aliphatic rings. The molecule has 1 amide bonds. The average Bonchev–Trinajstić information content (AvgIpc) is 3.19. The van der Waals surface area contributed by atoms with Crippen molar-refractivity contribution in [3.63, 3.8) is 0 Å². The molecule has 0 unspecified atom stereocenters. The molecule has 4 rings (SSSR count). The van der Waals surface area contributed by atoms with Crippen molar-refractivity contribution in [2.75, 3.05) is 10.6 Å². The number of amides is 1. The highest BCUT2D eigenvalue weighted by Gasteiger charge is 2.13. The highest BCUT2D eigenvalue weighted by Crippen LogP contribution is 2.25. The Morgan fingerprint density at radius 2 is 1.97 bits per heavy atom. The van der Waals surface area contributed by atoms with Gasteiger partial charge in [0.05, 0.1) is 24.9 Å². The number of rotatable bonds is 7. The summed E-state index contributed by atoms with van der Waals surface area (Å²) in [7, 11) is 0. The van der Waals surface area contributed by atoms with E-state index in [2.05, 4.69) is 25.7 Å². The summed E-state index contributed by atoms with van der Waals surface area (Å²) in [6.07, 6.45) is 3.75. The fourth-order valence-electron chi connectivity index (χ4n) is 3.55. The smallest absolute Gasteiger partial charge is 0.228 e. The van der Waals surface area contributed by atoms with Gasteiger partial charge in [0.2, 0.25) is 11.6 Å². The topological polar surface area (TPSA) is 84.7 Å². The van der Waals surface area contributed by atoms with Gasteiger partial charge in [0.25, 0.3) is 0 Å². The molecule has 32 heavy (non-hydrogen) atoms. The van der Waals surface area contributed by atoms with Crippen molar-refractivity contribution in [1.29, 1.82) is 0 Å². The third-order valence-corrected chi connectivity index (χ3v) is 5.27. The molecule has 2 N–H and O–H groups in total. The van der Waals surface area contributed by atoms with Crippen LogP contribution in [0, 0.1) is 12.7 Å². The molecular weight excluding hydrogens is 407 g/mol. The van der Waals surface area contributed by atoms with E-state index in [1.807, 2.05) is 45.2 Å². The number of hydrogen-bond donors (Lipinski definition) is 2. The molecule has 0 spiro atoms. The quantitative estimate of drug-likeness (QED) is 0.444. The van der Waals surface area contributed by atoms with E-state index in [-0.39, 0.29) is 24.2 Å². The number of aryl methyl sites for hydroxylation is 2. The number of benzene rings is 2. The second-order valence-corrected chi connectivity index (χ2v) is 7.74. The molecule has 0 aliphatic carbocycles. The van der Waals surface area contributed by atoms with E-state index in [1.165, 1.54) is 12.1 Å². The van der Waals surface area contributed by atoms with Crippen LogP contribution in [-0.4, -0.2) is 25.7 Å². The van der Waals surface area contributed by atoms with E-state index in [9.17, 15) is 9.18 Å². The summed E-state index contributed by atoms with van der Waals surface area (Å²) >= 11 is 0. The summed E-state index contributed by atoms with van der Waals surface area (Å²) in [5.41, 5.74) is 4.94. The minimum atomic E-state index is -0.318. The lowest BCUT2D eigenvalue weighted by Crippen LogP contribution is -2.15. The number of halogens is 1. The van der Waals surface area contributed by atoms with E-state index >= 15 is 0 Å². The van der Waals surface area contributed by atoms with Crippen LogP contribution in [0.25, 0.3) is 11.2 Å². The third-order valence-electron chi connectivity index (χ3n) is 5.27. The number of carbonyl (C=O) groups excluding carboxylic acids is 1. The van der Waals surface area contributed by atoms with E-state index in [4.69, 9.17) is 0 Å². The maximum atomic E-state index is 13.1. The second-order valence-electron chi connectivity index (χ2n) is 7.74. The zero-order valence-electron chi connectivity index (χ0n) is 18.3. The van der Waals surface area contributed by atoms with E-state index in [0.29, 0.717) is 17.2 Å². The highest BCUT2D eigenvalue weighted by atomic mass is 19.1. The third kappa shape index (κ3) is 4.91. The van der Waals surface area contributed by atoms with Gasteiger partial charge >= 0.3 is 0 Å². The highest BCUT2D eigenvalue weighted by molar-refractivity contribution is 5.92. The number of carbonyl (C=O) groups is 1. The van der Waals surface area contributed by atoms with Gasteiger partial charge in [0.1, 0.15) is 17.2 Å². The predicted molar refractivity (Wildman–Crippen MR) is 123 cm³/mol. The summed E-state index contributed by atoms with van der Waals surface area (Å²) in [6.45, 7) is 6.83. The number of hydrogen-bond acceptors (Lipinski definition) is 5. The molecule has 0 saturated heterocycles. The molecule has 2 aromatic heterocycles. The van der Waals surface area contributed by atoms with Crippen LogP contribution in [0.15, 0.2) is 54.9 Å². The minimum absolute atomic E-state index is 0.0658. The SMILES string of the molecule is CCn1cc2ncc(N[C@@H](C)c3cc(NC(=O)Cc4ccc(F)cc4)ccc3C)nc2n1. The number of aromatic nitrogens is 4. The van der Waals surface area contributed by atoms with E-state index in [1.54, 1.807) is 23.0 Å². The van der Waals surface area contributed by atoms with Crippen LogP contribution in [0.3, 0.4) is 0 Å². The molecule has 0 radical (unpaired) electrons. The fourth-order valence-corrected chi connectivity index (χ4v) is 3.55. The first-order chi connectivity index (χ1) is 15.4. The predicted octanol–water partition coefficient (Wildman–Crippen LogP) is 4.65. The Kier molecular flexibility index (Phi) is 6.11. The number of nitrogens with zero attached hydrogens (tertiary/aromatic N) is 4. The summed E-state index contributed by atoms with van der Waals surface area (Å²) in [5.74, 6) is 0.160. The Balaban J connectivity index is 1.46. The zero-order valence-corrected chi connectivity index (χ0v) is 18.3. The fraction of sp³-hybridized carbons (Fsp3) is 0.250. The van der Waals surface area contributed by atoms with Gasteiger partial charge < -0.3 is 10.6 Å². The van der Waals surface area contributed by atoms with Gasteiger partial charge in [0.15, 0.2) is 0 Å². The lowest BCUT2D eigenvalue weighted by molar-refractivity contribution is -0.115. The largest absolute Gasteiger partial charge is 0.362 e. The molecule has 0 fully saturated rings. The van der Waals surface area contributed by atoms with Crippen molar-refractivity contribution in [2.45, 2.75) is 39.8 Å². The Hall–Kier alpha value is -3.81. The van der Waals surface area contributed by atoms with E-state index in [0.717, 1.165) is 28.8 Å². The first kappa shape index (κ1) is 21.4. The van der Waals surface area contributed by atoms with Crippen LogP contribution >= 0.6 is 0 Å². The van der Waals surface area contributed by atoms with Gasteiger partial charge in [-0.05, 0) is 61.7 Å².